The molecule has 3 aliphatic heterocycles. The van der Waals surface area contributed by atoms with Gasteiger partial charge in [0.25, 0.3) is 5.91 Å². The summed E-state index contributed by atoms with van der Waals surface area (Å²) in [4.78, 5) is 18.5. The lowest BCUT2D eigenvalue weighted by molar-refractivity contribution is -0.128. The summed E-state index contributed by atoms with van der Waals surface area (Å²) in [7, 11) is -2.16. The van der Waals surface area contributed by atoms with Gasteiger partial charge in [0.2, 0.25) is 10.0 Å². The molecule has 2 aromatic carbocycles. The second-order valence-electron chi connectivity index (χ2n) is 16.6. The summed E-state index contributed by atoms with van der Waals surface area (Å²) in [6.07, 6.45) is 10.6. The van der Waals surface area contributed by atoms with E-state index < -0.39 is 26.8 Å². The number of methoxy groups -OCH3 is 1. The van der Waals surface area contributed by atoms with Gasteiger partial charge in [-0.3, -0.25) is 9.69 Å². The number of H-pyrrole nitrogens is 1. The topological polar surface area (TPSA) is 130 Å². The van der Waals surface area contributed by atoms with Crippen molar-refractivity contribution in [2.75, 3.05) is 44.8 Å². The molecule has 2 aliphatic carbocycles. The molecule has 284 valence electrons. The summed E-state index contributed by atoms with van der Waals surface area (Å²) in [6, 6.07) is 11.6. The van der Waals surface area contributed by atoms with E-state index >= 15 is 0 Å². The largest absolute Gasteiger partial charge is 0.490 e. The molecule has 5 aliphatic rings. The molecule has 13 heteroatoms. The second kappa shape index (κ2) is 13.7. The normalized spacial score (nSPS) is 33.3. The highest BCUT2D eigenvalue weighted by Gasteiger charge is 2.56. The third-order valence-electron chi connectivity index (χ3n) is 13.3. The number of sulfonamides is 1. The number of aryl methyl sites for hydroxylation is 1. The molecular weight excluding hydrogens is 712 g/mol. The molecule has 1 spiro atoms. The fourth-order valence-electron chi connectivity index (χ4n) is 9.93. The Labute approximate surface area is 317 Å². The van der Waals surface area contributed by atoms with Gasteiger partial charge < -0.3 is 14.4 Å². The number of aromatic amines is 1. The number of nitrogens with zero attached hydrogens (tertiary/aromatic N) is 4. The molecule has 8 rings (SSSR count). The zero-order chi connectivity index (χ0) is 37.2. The van der Waals surface area contributed by atoms with Gasteiger partial charge >= 0.3 is 0 Å². The van der Waals surface area contributed by atoms with Crippen molar-refractivity contribution < 1.29 is 22.7 Å². The van der Waals surface area contributed by atoms with Gasteiger partial charge in [0.15, 0.2) is 0 Å². The van der Waals surface area contributed by atoms with Gasteiger partial charge in [0.05, 0.1) is 28.9 Å². The van der Waals surface area contributed by atoms with Crippen LogP contribution in [0.4, 0.5) is 5.69 Å². The highest BCUT2D eigenvalue weighted by Crippen LogP contribution is 2.56. The summed E-state index contributed by atoms with van der Waals surface area (Å²) in [6.45, 7) is 10.1. The molecule has 0 radical (unpaired) electrons. The molecule has 2 N–H and O–H groups in total. The van der Waals surface area contributed by atoms with Crippen LogP contribution >= 0.6 is 11.6 Å². The van der Waals surface area contributed by atoms with E-state index in [0.29, 0.717) is 50.5 Å². The lowest BCUT2D eigenvalue weighted by Crippen LogP contribution is -2.61. The maximum atomic E-state index is 13.7. The number of rotatable bonds is 3. The highest BCUT2D eigenvalue weighted by atomic mass is 35.5. The summed E-state index contributed by atoms with van der Waals surface area (Å²) < 4.78 is 43.1. The van der Waals surface area contributed by atoms with Gasteiger partial charge in [0.1, 0.15) is 11.4 Å². The van der Waals surface area contributed by atoms with Gasteiger partial charge in [-0.05, 0) is 104 Å². The lowest BCUT2D eigenvalue weighted by Gasteiger charge is -2.58. The Hall–Kier alpha value is -3.45. The monoisotopic (exact) mass is 762 g/mol. The minimum absolute atomic E-state index is 0.159. The first kappa shape index (κ1) is 36.5. The molecule has 6 atom stereocenters. The van der Waals surface area contributed by atoms with Gasteiger partial charge in [-0.25, -0.2) is 13.1 Å². The minimum Gasteiger partial charge on any atom is -0.490 e. The predicted molar refractivity (Wildman–Crippen MR) is 205 cm³/mol. The molecule has 1 aromatic heterocycles. The van der Waals surface area contributed by atoms with Crippen molar-refractivity contribution in [1.82, 2.24) is 25.0 Å². The van der Waals surface area contributed by atoms with E-state index in [-0.39, 0.29) is 22.7 Å². The van der Waals surface area contributed by atoms with Crippen molar-refractivity contribution in [2.24, 2.45) is 17.3 Å². The number of halogens is 1. The Morgan fingerprint density at radius 3 is 2.70 bits per heavy atom. The number of allylic oxidation sites excluding steroid dienone is 1. The number of hydrogen-bond donors (Lipinski definition) is 2. The standard InChI is InChI=1S/C40H51ClN6O5S/c1-26-7-5-16-40(51-4,24-46-18-14-32-33(21-46)43-45-42-32)36-13-17-38(36,3)22-47-23-39(15-6-8-28-19-30(41)10-11-31(28)39)25-52-35-12-9-29(20-34(35)47)37(48)44-53(49,50)27(26)2/h5,9-12,16,19-20,26-27,36H,6-8,13-15,17-18,21-25H2,1-4H3,(H,44,48)(H,42,43,45)/b16-5+/t26-,27+,36+,38?,39-,40+/m0/s1. The van der Waals surface area contributed by atoms with E-state index in [1.165, 1.54) is 11.1 Å². The lowest BCUT2D eigenvalue weighted by atomic mass is 9.54. The van der Waals surface area contributed by atoms with Crippen LogP contribution in [-0.2, 0) is 39.6 Å². The van der Waals surface area contributed by atoms with Gasteiger partial charge in [-0.1, -0.05) is 43.7 Å². The number of aromatic nitrogens is 3. The molecule has 1 amide bonds. The Bertz CT molecular complexity index is 2040. The number of hydrogen-bond acceptors (Lipinski definition) is 9. The van der Waals surface area contributed by atoms with Crippen molar-refractivity contribution >= 4 is 33.2 Å². The third-order valence-corrected chi connectivity index (χ3v) is 15.5. The second-order valence-corrected chi connectivity index (χ2v) is 19.1. The van der Waals surface area contributed by atoms with E-state index in [1.54, 1.807) is 13.0 Å². The molecule has 0 saturated heterocycles. The van der Waals surface area contributed by atoms with Crippen LogP contribution in [-0.4, -0.2) is 85.4 Å². The number of nitrogens with one attached hydrogen (secondary N) is 2. The van der Waals surface area contributed by atoms with E-state index in [0.717, 1.165) is 67.2 Å². The number of amides is 1. The van der Waals surface area contributed by atoms with E-state index in [9.17, 15) is 13.2 Å². The van der Waals surface area contributed by atoms with Crippen molar-refractivity contribution in [3.63, 3.8) is 0 Å². The maximum Gasteiger partial charge on any atom is 0.264 e. The average molecular weight is 763 g/mol. The molecule has 1 fully saturated rings. The summed E-state index contributed by atoms with van der Waals surface area (Å²) in [5, 5.41) is 11.5. The molecule has 53 heavy (non-hydrogen) atoms. The highest BCUT2D eigenvalue weighted by molar-refractivity contribution is 7.90. The quantitative estimate of drug-likeness (QED) is 0.317. The minimum atomic E-state index is -3.98. The van der Waals surface area contributed by atoms with Gasteiger partial charge in [-0.2, -0.15) is 15.4 Å². The zero-order valence-corrected chi connectivity index (χ0v) is 32.7. The summed E-state index contributed by atoms with van der Waals surface area (Å²) >= 11 is 6.51. The first-order chi connectivity index (χ1) is 25.3. The Kier molecular flexibility index (Phi) is 9.43. The molecule has 1 unspecified atom stereocenters. The van der Waals surface area contributed by atoms with Crippen LogP contribution < -0.4 is 14.4 Å². The third kappa shape index (κ3) is 6.57. The maximum absolute atomic E-state index is 13.7. The number of carbonyl (C=O) groups excluding carboxylic acids is 1. The Balaban J connectivity index is 1.23. The van der Waals surface area contributed by atoms with Crippen molar-refractivity contribution in [3.05, 3.63) is 81.7 Å². The molecule has 3 aromatic rings. The molecule has 1 saturated carbocycles. The van der Waals surface area contributed by atoms with Crippen molar-refractivity contribution in [2.45, 2.75) is 88.5 Å². The average Bonchev–Trinajstić information content (AvgIpc) is 3.54. The smallest absolute Gasteiger partial charge is 0.264 e. The van der Waals surface area contributed by atoms with E-state index in [2.05, 4.69) is 61.1 Å². The van der Waals surface area contributed by atoms with E-state index in [1.807, 2.05) is 32.2 Å². The molecular formula is C40H51ClN6O5S. The van der Waals surface area contributed by atoms with Crippen LogP contribution in [0.25, 0.3) is 0 Å². The van der Waals surface area contributed by atoms with Crippen LogP contribution in [0.3, 0.4) is 0 Å². The number of fused-ring (bicyclic) bond motifs is 5. The number of ether oxygens (including phenoxy) is 2. The molecule has 11 nitrogen and oxygen atoms in total. The summed E-state index contributed by atoms with van der Waals surface area (Å²) in [5.74, 6) is -0.0276. The molecule has 2 bridgehead atoms. The van der Waals surface area contributed by atoms with Gasteiger partial charge in [-0.15, -0.1) is 0 Å². The molecule has 4 heterocycles. The first-order valence-corrected chi connectivity index (χ1v) is 21.0. The Morgan fingerprint density at radius 2 is 1.91 bits per heavy atom. The van der Waals surface area contributed by atoms with Crippen LogP contribution in [0.1, 0.15) is 85.7 Å². The first-order valence-electron chi connectivity index (χ1n) is 19.0. The van der Waals surface area contributed by atoms with Crippen molar-refractivity contribution in [3.8, 4) is 5.75 Å². The fourth-order valence-corrected chi connectivity index (χ4v) is 11.4. The predicted octanol–water partition coefficient (Wildman–Crippen LogP) is 5.84. The van der Waals surface area contributed by atoms with Crippen LogP contribution in [0.15, 0.2) is 48.6 Å². The van der Waals surface area contributed by atoms with Crippen LogP contribution in [0, 0.1) is 17.3 Å². The zero-order valence-electron chi connectivity index (χ0n) is 31.2. The van der Waals surface area contributed by atoms with Crippen LogP contribution in [0.5, 0.6) is 5.75 Å². The fraction of sp³-hybridized carbons (Fsp3) is 0.575. The number of benzene rings is 2. The van der Waals surface area contributed by atoms with Crippen LogP contribution in [0.2, 0.25) is 5.02 Å². The summed E-state index contributed by atoms with van der Waals surface area (Å²) in [5.41, 5.74) is 4.52. The SMILES string of the molecule is CO[C@@]1(CN2CCc3n[nH]nc3C2)/C=C/C[C@H](C)[C@@H](C)S(=O)(=O)NC(=O)c2ccc3c(c2)N(CC2(C)CC[C@H]21)C[C@@]1(CCCc2cc(Cl)ccc21)CO3. The Morgan fingerprint density at radius 1 is 1.08 bits per heavy atom. The number of carbonyl (C=O) groups is 1. The van der Waals surface area contributed by atoms with Gasteiger partial charge in [0, 0.05) is 62.3 Å². The van der Waals surface area contributed by atoms with Crippen molar-refractivity contribution in [1.29, 1.82) is 0 Å². The number of anilines is 1. The van der Waals surface area contributed by atoms with E-state index in [4.69, 9.17) is 21.1 Å².